The molecular formula is C22H36NPS. The summed E-state index contributed by atoms with van der Waals surface area (Å²) in [6.07, 6.45) is 10.9. The maximum Gasteiger partial charge on any atom is 0.00581 e. The fraction of sp³-hybridized carbons (Fsp3) is 0.455. The SMILES string of the molecule is C=C/C=C(\C=C/C)P(CCNCCSCCC)c1ccccc1.CC. The fourth-order valence-electron chi connectivity index (χ4n) is 2.25. The first kappa shape index (κ1) is 24.2. The van der Waals surface area contributed by atoms with Crippen molar-refractivity contribution in [3.05, 3.63) is 66.5 Å². The van der Waals surface area contributed by atoms with Gasteiger partial charge in [0.25, 0.3) is 0 Å². The van der Waals surface area contributed by atoms with E-state index in [0.717, 1.165) is 13.1 Å². The van der Waals surface area contributed by atoms with E-state index in [9.17, 15) is 0 Å². The standard InChI is InChI=1S/C20H30NPS.C2H6/c1-4-10-19(11-5-2)22(20-12-8-7-9-13-20)16-14-21-15-18-23-17-6-3;1-2/h4-5,7-13,21H,1,6,14-18H2,2-3H3;1-2H3/b11-5-,19-10+;. The van der Waals surface area contributed by atoms with Crippen LogP contribution in [0.4, 0.5) is 0 Å². The van der Waals surface area contributed by atoms with Crippen molar-refractivity contribution < 1.29 is 0 Å². The van der Waals surface area contributed by atoms with Gasteiger partial charge < -0.3 is 5.32 Å². The third kappa shape index (κ3) is 11.4. The van der Waals surface area contributed by atoms with E-state index in [-0.39, 0.29) is 7.92 Å². The van der Waals surface area contributed by atoms with Crippen molar-refractivity contribution in [2.75, 3.05) is 30.8 Å². The Labute approximate surface area is 161 Å². The third-order valence-electron chi connectivity index (χ3n) is 3.29. The zero-order chi connectivity index (χ0) is 18.8. The van der Waals surface area contributed by atoms with Gasteiger partial charge in [0.1, 0.15) is 0 Å². The molecule has 1 unspecified atom stereocenters. The summed E-state index contributed by atoms with van der Waals surface area (Å²) in [5, 5.41) is 6.44. The van der Waals surface area contributed by atoms with Gasteiger partial charge in [-0.1, -0.05) is 82.0 Å². The zero-order valence-electron chi connectivity index (χ0n) is 16.5. The summed E-state index contributed by atoms with van der Waals surface area (Å²) in [4.78, 5) is 0. The van der Waals surface area contributed by atoms with E-state index in [4.69, 9.17) is 0 Å². The molecule has 0 bridgehead atoms. The summed E-state index contributed by atoms with van der Waals surface area (Å²) in [6.45, 7) is 14.4. The van der Waals surface area contributed by atoms with Crippen molar-refractivity contribution in [1.29, 1.82) is 0 Å². The van der Waals surface area contributed by atoms with Crippen LogP contribution in [0.5, 0.6) is 0 Å². The Balaban J connectivity index is 0.00000277. The van der Waals surface area contributed by atoms with Crippen molar-refractivity contribution in [3.8, 4) is 0 Å². The maximum absolute atomic E-state index is 3.88. The number of benzene rings is 1. The van der Waals surface area contributed by atoms with Gasteiger partial charge in [-0.05, 0) is 50.3 Å². The summed E-state index contributed by atoms with van der Waals surface area (Å²) in [5.74, 6) is 2.48. The van der Waals surface area contributed by atoms with Crippen LogP contribution in [-0.2, 0) is 0 Å². The topological polar surface area (TPSA) is 12.0 Å². The summed E-state index contributed by atoms with van der Waals surface area (Å²) in [7, 11) is -0.325. The second-order valence-electron chi connectivity index (χ2n) is 5.18. The molecule has 1 nitrogen and oxygen atoms in total. The summed E-state index contributed by atoms with van der Waals surface area (Å²) < 4.78 is 0. The highest BCUT2D eigenvalue weighted by Gasteiger charge is 2.13. The van der Waals surface area contributed by atoms with Crippen LogP contribution in [0.1, 0.15) is 34.1 Å². The number of hydrogen-bond donors (Lipinski definition) is 1. The van der Waals surface area contributed by atoms with Crippen LogP contribution in [0.3, 0.4) is 0 Å². The number of thioether (sulfide) groups is 1. The van der Waals surface area contributed by atoms with Crippen LogP contribution in [0.25, 0.3) is 0 Å². The summed E-state index contributed by atoms with van der Waals surface area (Å²) in [6, 6.07) is 10.9. The van der Waals surface area contributed by atoms with Crippen molar-refractivity contribution in [3.63, 3.8) is 0 Å². The lowest BCUT2D eigenvalue weighted by Crippen LogP contribution is -2.22. The van der Waals surface area contributed by atoms with Gasteiger partial charge in [-0.3, -0.25) is 0 Å². The number of allylic oxidation sites excluding steroid dienone is 5. The molecule has 0 saturated heterocycles. The molecule has 0 radical (unpaired) electrons. The van der Waals surface area contributed by atoms with Crippen molar-refractivity contribution >= 4 is 25.0 Å². The van der Waals surface area contributed by atoms with Crippen molar-refractivity contribution in [1.82, 2.24) is 5.32 Å². The Bertz CT molecular complexity index is 482. The Hall–Kier alpha value is -0.820. The molecule has 3 heteroatoms. The molecule has 1 aromatic rings. The number of nitrogens with one attached hydrogen (secondary N) is 1. The van der Waals surface area contributed by atoms with Gasteiger partial charge in [-0.15, -0.1) is 0 Å². The molecule has 1 aromatic carbocycles. The highest BCUT2D eigenvalue weighted by molar-refractivity contribution is 7.99. The number of hydrogen-bond acceptors (Lipinski definition) is 2. The first-order valence-corrected chi connectivity index (χ1v) is 12.1. The predicted molar refractivity (Wildman–Crippen MR) is 123 cm³/mol. The van der Waals surface area contributed by atoms with Gasteiger partial charge in [0, 0.05) is 12.3 Å². The lowest BCUT2D eigenvalue weighted by atomic mass is 10.4. The monoisotopic (exact) mass is 377 g/mol. The molecule has 25 heavy (non-hydrogen) atoms. The van der Waals surface area contributed by atoms with Gasteiger partial charge in [-0.25, -0.2) is 0 Å². The highest BCUT2D eigenvalue weighted by Crippen LogP contribution is 2.44. The minimum atomic E-state index is -0.325. The van der Waals surface area contributed by atoms with Crippen LogP contribution < -0.4 is 10.6 Å². The lowest BCUT2D eigenvalue weighted by Gasteiger charge is -2.20. The molecule has 0 aromatic heterocycles. The van der Waals surface area contributed by atoms with E-state index in [2.05, 4.69) is 74.3 Å². The van der Waals surface area contributed by atoms with Crippen molar-refractivity contribution in [2.24, 2.45) is 0 Å². The van der Waals surface area contributed by atoms with Crippen LogP contribution in [-0.4, -0.2) is 30.8 Å². The maximum atomic E-state index is 3.88. The molecule has 1 rings (SSSR count). The van der Waals surface area contributed by atoms with Gasteiger partial charge in [0.15, 0.2) is 0 Å². The molecule has 0 fully saturated rings. The van der Waals surface area contributed by atoms with E-state index in [1.165, 1.54) is 34.7 Å². The summed E-state index contributed by atoms with van der Waals surface area (Å²) >= 11 is 2.04. The van der Waals surface area contributed by atoms with Gasteiger partial charge >= 0.3 is 0 Å². The highest BCUT2D eigenvalue weighted by atomic mass is 32.2. The molecule has 0 spiro atoms. The Morgan fingerprint density at radius 3 is 2.48 bits per heavy atom. The first-order valence-electron chi connectivity index (χ1n) is 9.40. The van der Waals surface area contributed by atoms with E-state index in [1.54, 1.807) is 0 Å². The van der Waals surface area contributed by atoms with Gasteiger partial charge in [0.05, 0.1) is 0 Å². The van der Waals surface area contributed by atoms with Crippen LogP contribution in [0, 0.1) is 0 Å². The molecule has 140 valence electrons. The first-order chi connectivity index (χ1) is 12.3. The Morgan fingerprint density at radius 2 is 1.88 bits per heavy atom. The molecule has 0 saturated carbocycles. The van der Waals surface area contributed by atoms with Crippen molar-refractivity contribution in [2.45, 2.75) is 34.1 Å². The van der Waals surface area contributed by atoms with E-state index < -0.39 is 0 Å². The van der Waals surface area contributed by atoms with Crippen LogP contribution >= 0.6 is 19.7 Å². The molecule has 1 atom stereocenters. The largest absolute Gasteiger partial charge is 0.316 e. The zero-order valence-corrected chi connectivity index (χ0v) is 18.2. The smallest absolute Gasteiger partial charge is 0.00581 e. The molecule has 0 aliphatic rings. The molecular weight excluding hydrogens is 341 g/mol. The fourth-order valence-corrected chi connectivity index (χ4v) is 5.37. The molecule has 0 heterocycles. The van der Waals surface area contributed by atoms with Crippen LogP contribution in [0.2, 0.25) is 0 Å². The second kappa shape index (κ2) is 18.0. The minimum Gasteiger partial charge on any atom is -0.316 e. The van der Waals surface area contributed by atoms with E-state index in [0.29, 0.717) is 0 Å². The van der Waals surface area contributed by atoms with Crippen LogP contribution in [0.15, 0.2) is 66.5 Å². The predicted octanol–water partition coefficient (Wildman–Crippen LogP) is 6.20. The second-order valence-corrected chi connectivity index (χ2v) is 8.74. The molecule has 1 N–H and O–H groups in total. The van der Waals surface area contributed by atoms with Gasteiger partial charge in [0.2, 0.25) is 0 Å². The molecule has 0 aliphatic heterocycles. The average Bonchev–Trinajstić information content (AvgIpc) is 2.66. The number of rotatable bonds is 12. The summed E-state index contributed by atoms with van der Waals surface area (Å²) in [5.41, 5.74) is 0. The normalized spacial score (nSPS) is 12.6. The molecule has 0 aliphatic carbocycles. The average molecular weight is 378 g/mol. The molecule has 0 amide bonds. The van der Waals surface area contributed by atoms with Gasteiger partial charge in [-0.2, -0.15) is 11.8 Å². The Kier molecular flexibility index (Phi) is 17.4. The minimum absolute atomic E-state index is 0.325. The Morgan fingerprint density at radius 1 is 1.16 bits per heavy atom. The lowest BCUT2D eigenvalue weighted by molar-refractivity contribution is 0.772. The third-order valence-corrected chi connectivity index (χ3v) is 6.99. The van der Waals surface area contributed by atoms with E-state index in [1.807, 2.05) is 31.7 Å². The quantitative estimate of drug-likeness (QED) is 0.264. The van der Waals surface area contributed by atoms with E-state index >= 15 is 0 Å².